The second-order valence-corrected chi connectivity index (χ2v) is 9.21. The highest BCUT2D eigenvalue weighted by Crippen LogP contribution is 2.28. The number of nitrogens with one attached hydrogen (secondary N) is 1. The summed E-state index contributed by atoms with van der Waals surface area (Å²) in [5.74, 6) is -1.74. The lowest BCUT2D eigenvalue weighted by Crippen LogP contribution is -2.37. The van der Waals surface area contributed by atoms with Gasteiger partial charge in [-0.2, -0.15) is 0 Å². The van der Waals surface area contributed by atoms with Crippen LogP contribution < -0.4 is 10.1 Å². The number of benzene rings is 3. The number of alkyl halides is 3. The molecule has 2 amide bonds. The van der Waals surface area contributed by atoms with E-state index in [4.69, 9.17) is 12.2 Å². The van der Waals surface area contributed by atoms with E-state index in [0.717, 1.165) is 5.56 Å². The molecule has 1 unspecified atom stereocenters. The standard InChI is InChI=1S/C28H24F3N3O5S/c1-38-26(37)20-9-11-21(12-10-20)32-24(35)15-23-25(36)34(17-18-5-3-2-4-6-18)27(40)33(23)16-19-7-13-22(14-8-19)39-28(29,30)31/h2-14,23H,15-17H2,1H3,(H,32,35). The van der Waals surface area contributed by atoms with E-state index in [-0.39, 0.29) is 36.3 Å². The third kappa shape index (κ3) is 7.14. The number of carbonyl (C=O) groups is 3. The van der Waals surface area contributed by atoms with Gasteiger partial charge in [0.1, 0.15) is 11.8 Å². The van der Waals surface area contributed by atoms with Crippen molar-refractivity contribution in [2.24, 2.45) is 0 Å². The van der Waals surface area contributed by atoms with Crippen LogP contribution in [0.25, 0.3) is 0 Å². The number of esters is 1. The lowest BCUT2D eigenvalue weighted by Gasteiger charge is -2.24. The summed E-state index contributed by atoms with van der Waals surface area (Å²) >= 11 is 5.63. The SMILES string of the molecule is COC(=O)c1ccc(NC(=O)CC2C(=O)N(Cc3ccccc3)C(=S)N2Cc2ccc(OC(F)(F)F)cc2)cc1. The Labute approximate surface area is 233 Å². The van der Waals surface area contributed by atoms with Crippen LogP contribution in [0.1, 0.15) is 27.9 Å². The number of anilines is 1. The molecule has 3 aromatic rings. The van der Waals surface area contributed by atoms with Crippen molar-refractivity contribution in [3.63, 3.8) is 0 Å². The highest BCUT2D eigenvalue weighted by molar-refractivity contribution is 7.80. The third-order valence-corrected chi connectivity index (χ3v) is 6.52. The van der Waals surface area contributed by atoms with Gasteiger partial charge in [-0.1, -0.05) is 42.5 Å². The number of halogens is 3. The van der Waals surface area contributed by atoms with Gasteiger partial charge in [-0.3, -0.25) is 14.5 Å². The number of rotatable bonds is 9. The maximum atomic E-state index is 13.5. The average molecular weight is 572 g/mol. The number of thiocarbonyl (C=S) groups is 1. The van der Waals surface area contributed by atoms with E-state index in [2.05, 4.69) is 14.8 Å². The van der Waals surface area contributed by atoms with Crippen molar-refractivity contribution >= 4 is 40.8 Å². The van der Waals surface area contributed by atoms with Crippen molar-refractivity contribution in [3.8, 4) is 5.75 Å². The first-order valence-corrected chi connectivity index (χ1v) is 12.4. The Morgan fingerprint density at radius 1 is 0.925 bits per heavy atom. The molecule has 208 valence electrons. The number of ether oxygens (including phenoxy) is 2. The monoisotopic (exact) mass is 571 g/mol. The molecule has 0 bridgehead atoms. The van der Waals surface area contributed by atoms with Gasteiger partial charge in [-0.25, -0.2) is 4.79 Å². The van der Waals surface area contributed by atoms with Gasteiger partial charge in [0.2, 0.25) is 5.91 Å². The summed E-state index contributed by atoms with van der Waals surface area (Å²) in [4.78, 5) is 41.1. The van der Waals surface area contributed by atoms with Gasteiger partial charge in [-0.05, 0) is 59.7 Å². The quantitative estimate of drug-likeness (QED) is 0.289. The van der Waals surface area contributed by atoms with Crippen molar-refractivity contribution in [3.05, 3.63) is 95.6 Å². The Hall–Kier alpha value is -4.45. The maximum absolute atomic E-state index is 13.5. The Kier molecular flexibility index (Phi) is 8.68. The number of carbonyl (C=O) groups excluding carboxylic acids is 3. The van der Waals surface area contributed by atoms with Crippen molar-refractivity contribution in [1.29, 1.82) is 0 Å². The Morgan fingerprint density at radius 3 is 2.15 bits per heavy atom. The molecular formula is C28H24F3N3O5S. The van der Waals surface area contributed by atoms with Gasteiger partial charge >= 0.3 is 12.3 Å². The minimum absolute atomic E-state index is 0.0773. The predicted molar refractivity (Wildman–Crippen MR) is 143 cm³/mol. The van der Waals surface area contributed by atoms with Crippen LogP contribution >= 0.6 is 12.2 Å². The number of hydrogen-bond donors (Lipinski definition) is 1. The highest BCUT2D eigenvalue weighted by Gasteiger charge is 2.43. The van der Waals surface area contributed by atoms with Crippen molar-refractivity contribution < 1.29 is 37.0 Å². The van der Waals surface area contributed by atoms with Gasteiger partial charge in [0.25, 0.3) is 5.91 Å². The number of amides is 2. The molecule has 4 rings (SSSR count). The molecule has 1 saturated heterocycles. The molecule has 0 saturated carbocycles. The van der Waals surface area contributed by atoms with Gasteiger partial charge < -0.3 is 19.7 Å². The van der Waals surface area contributed by atoms with Crippen molar-refractivity contribution in [1.82, 2.24) is 9.80 Å². The van der Waals surface area contributed by atoms with Crippen LogP contribution in [-0.4, -0.2) is 52.2 Å². The van der Waals surface area contributed by atoms with Crippen LogP contribution in [-0.2, 0) is 27.4 Å². The van der Waals surface area contributed by atoms with E-state index in [1.807, 2.05) is 30.3 Å². The minimum Gasteiger partial charge on any atom is -0.465 e. The summed E-state index contributed by atoms with van der Waals surface area (Å²) in [6.07, 6.45) is -5.06. The zero-order valence-corrected chi connectivity index (χ0v) is 22.0. The first-order chi connectivity index (χ1) is 19.0. The topological polar surface area (TPSA) is 88.2 Å². The fourth-order valence-corrected chi connectivity index (χ4v) is 4.52. The molecule has 1 aliphatic rings. The molecular weight excluding hydrogens is 547 g/mol. The fraction of sp³-hybridized carbons (Fsp3) is 0.214. The Bertz CT molecular complexity index is 1380. The molecule has 0 aliphatic carbocycles. The smallest absolute Gasteiger partial charge is 0.465 e. The lowest BCUT2D eigenvalue weighted by molar-refractivity contribution is -0.274. The second kappa shape index (κ2) is 12.2. The fourth-order valence-electron chi connectivity index (χ4n) is 4.17. The van der Waals surface area contributed by atoms with Gasteiger partial charge in [0, 0.05) is 12.2 Å². The highest BCUT2D eigenvalue weighted by atomic mass is 32.1. The summed E-state index contributed by atoms with van der Waals surface area (Å²) in [7, 11) is 1.26. The zero-order chi connectivity index (χ0) is 28.9. The molecule has 0 aromatic heterocycles. The second-order valence-electron chi connectivity index (χ2n) is 8.85. The third-order valence-electron chi connectivity index (χ3n) is 6.07. The molecule has 1 fully saturated rings. The molecule has 12 heteroatoms. The first kappa shape index (κ1) is 28.6. The Balaban J connectivity index is 1.52. The van der Waals surface area contributed by atoms with E-state index >= 15 is 0 Å². The van der Waals surface area contributed by atoms with Crippen LogP contribution in [0.4, 0.5) is 18.9 Å². The maximum Gasteiger partial charge on any atom is 0.573 e. The van der Waals surface area contributed by atoms with Crippen molar-refractivity contribution in [2.45, 2.75) is 31.9 Å². The van der Waals surface area contributed by atoms with Crippen LogP contribution in [0.3, 0.4) is 0 Å². The van der Waals surface area contributed by atoms with Crippen LogP contribution in [0, 0.1) is 0 Å². The molecule has 0 spiro atoms. The number of hydrogen-bond acceptors (Lipinski definition) is 6. The van der Waals surface area contributed by atoms with E-state index in [1.165, 1.54) is 60.5 Å². The molecule has 1 aliphatic heterocycles. The molecule has 3 aromatic carbocycles. The lowest BCUT2D eigenvalue weighted by atomic mass is 10.1. The van der Waals surface area contributed by atoms with E-state index in [0.29, 0.717) is 16.8 Å². The van der Waals surface area contributed by atoms with Gasteiger partial charge in [0.15, 0.2) is 5.11 Å². The summed E-state index contributed by atoms with van der Waals surface area (Å²) in [6, 6.07) is 19.5. The number of methoxy groups -OCH3 is 1. The summed E-state index contributed by atoms with van der Waals surface area (Å²) in [5, 5.41) is 2.91. The molecule has 8 nitrogen and oxygen atoms in total. The molecule has 1 N–H and O–H groups in total. The summed E-state index contributed by atoms with van der Waals surface area (Å²) < 4.78 is 46.2. The molecule has 40 heavy (non-hydrogen) atoms. The summed E-state index contributed by atoms with van der Waals surface area (Å²) in [5.41, 5.74) is 2.13. The van der Waals surface area contributed by atoms with E-state index in [9.17, 15) is 27.6 Å². The van der Waals surface area contributed by atoms with Crippen LogP contribution in [0.15, 0.2) is 78.9 Å². The normalized spacial score (nSPS) is 15.2. The number of nitrogens with zero attached hydrogens (tertiary/aromatic N) is 2. The van der Waals surface area contributed by atoms with Crippen molar-refractivity contribution in [2.75, 3.05) is 12.4 Å². The van der Waals surface area contributed by atoms with Gasteiger partial charge in [-0.15, -0.1) is 13.2 Å². The first-order valence-electron chi connectivity index (χ1n) is 12.0. The van der Waals surface area contributed by atoms with E-state index < -0.39 is 24.3 Å². The van der Waals surface area contributed by atoms with Crippen LogP contribution in [0.5, 0.6) is 5.75 Å². The van der Waals surface area contributed by atoms with Gasteiger partial charge in [0.05, 0.1) is 25.6 Å². The minimum atomic E-state index is -4.82. The summed E-state index contributed by atoms with van der Waals surface area (Å²) in [6.45, 7) is 0.272. The molecule has 0 radical (unpaired) electrons. The molecule has 1 atom stereocenters. The Morgan fingerprint density at radius 2 is 1.55 bits per heavy atom. The molecule has 1 heterocycles. The van der Waals surface area contributed by atoms with E-state index in [1.54, 1.807) is 4.90 Å². The average Bonchev–Trinajstić information content (AvgIpc) is 3.13. The predicted octanol–water partition coefficient (Wildman–Crippen LogP) is 4.90. The zero-order valence-electron chi connectivity index (χ0n) is 21.2. The van der Waals surface area contributed by atoms with Crippen LogP contribution in [0.2, 0.25) is 0 Å². The largest absolute Gasteiger partial charge is 0.573 e.